The van der Waals surface area contributed by atoms with Crippen LogP contribution in [0.15, 0.2) is 24.3 Å². The van der Waals surface area contributed by atoms with Crippen LogP contribution in [0.2, 0.25) is 5.02 Å². The lowest BCUT2D eigenvalue weighted by atomic mass is 9.80. The molecule has 1 aliphatic carbocycles. The molecule has 0 unspecified atom stereocenters. The van der Waals surface area contributed by atoms with Gasteiger partial charge in [-0.1, -0.05) is 30.9 Å². The average Bonchev–Trinajstić information content (AvgIpc) is 2.72. The van der Waals surface area contributed by atoms with Gasteiger partial charge in [0.05, 0.1) is 19.8 Å². The Balaban J connectivity index is 1.40. The minimum absolute atomic E-state index is 0.0825. The van der Waals surface area contributed by atoms with Crippen LogP contribution in [0.4, 0.5) is 4.79 Å². The molecular weight excluding hydrogens is 366 g/mol. The number of ether oxygens (including phenoxy) is 2. The zero-order valence-electron chi connectivity index (χ0n) is 15.8. The van der Waals surface area contributed by atoms with Gasteiger partial charge in [0.15, 0.2) is 0 Å². The first-order chi connectivity index (χ1) is 13.2. The van der Waals surface area contributed by atoms with E-state index >= 15 is 0 Å². The Bertz CT molecular complexity index is 585. The Hall–Kier alpha value is -1.50. The van der Waals surface area contributed by atoms with E-state index in [4.69, 9.17) is 21.1 Å². The van der Waals surface area contributed by atoms with Crippen molar-refractivity contribution in [2.75, 3.05) is 46.0 Å². The summed E-state index contributed by atoms with van der Waals surface area (Å²) in [5.41, 5.74) is 0.0825. The molecule has 150 valence electrons. The number of hydrogen-bond acceptors (Lipinski definition) is 4. The standard InChI is InChI=1S/C20H30ClN3O3/c21-17-4-6-18(7-5-17)27-13-10-22-19(25)23-16-20(8-2-1-3-9-20)24-11-14-26-15-12-24/h4-7H,1-3,8-16H2,(H2,22,23,25). The van der Waals surface area contributed by atoms with Crippen molar-refractivity contribution in [3.8, 4) is 5.75 Å². The highest BCUT2D eigenvalue weighted by Gasteiger charge is 2.38. The monoisotopic (exact) mass is 395 g/mol. The second-order valence-electron chi connectivity index (χ2n) is 7.30. The second kappa shape index (κ2) is 10.2. The van der Waals surface area contributed by atoms with Gasteiger partial charge in [-0.25, -0.2) is 4.79 Å². The molecule has 0 bridgehead atoms. The topological polar surface area (TPSA) is 62.8 Å². The van der Waals surface area contributed by atoms with E-state index in [2.05, 4.69) is 15.5 Å². The van der Waals surface area contributed by atoms with Crippen LogP contribution in [0, 0.1) is 0 Å². The van der Waals surface area contributed by atoms with Crippen molar-refractivity contribution in [1.82, 2.24) is 15.5 Å². The molecule has 1 saturated carbocycles. The summed E-state index contributed by atoms with van der Waals surface area (Å²) in [4.78, 5) is 14.8. The normalized spacial score (nSPS) is 20.0. The maximum absolute atomic E-state index is 12.2. The van der Waals surface area contributed by atoms with Gasteiger partial charge in [0.1, 0.15) is 12.4 Å². The number of hydrogen-bond donors (Lipinski definition) is 2. The number of nitrogens with zero attached hydrogens (tertiary/aromatic N) is 1. The number of urea groups is 1. The summed E-state index contributed by atoms with van der Waals surface area (Å²) in [5.74, 6) is 0.745. The summed E-state index contributed by atoms with van der Waals surface area (Å²) in [6.45, 7) is 5.06. The van der Waals surface area contributed by atoms with Crippen LogP contribution in [-0.4, -0.2) is 62.5 Å². The van der Waals surface area contributed by atoms with Gasteiger partial charge in [-0.2, -0.15) is 0 Å². The Morgan fingerprint density at radius 2 is 1.81 bits per heavy atom. The van der Waals surface area contributed by atoms with E-state index in [1.54, 1.807) is 12.1 Å². The van der Waals surface area contributed by atoms with E-state index in [-0.39, 0.29) is 11.6 Å². The number of nitrogens with one attached hydrogen (secondary N) is 2. The van der Waals surface area contributed by atoms with Gasteiger partial charge in [-0.05, 0) is 37.1 Å². The fourth-order valence-electron chi connectivity index (χ4n) is 4.02. The van der Waals surface area contributed by atoms with Gasteiger partial charge in [0.2, 0.25) is 0 Å². The summed E-state index contributed by atoms with van der Waals surface area (Å²) in [6, 6.07) is 7.07. The van der Waals surface area contributed by atoms with Crippen LogP contribution < -0.4 is 15.4 Å². The SMILES string of the molecule is O=C(NCCOc1ccc(Cl)cc1)NCC1(N2CCOCC2)CCCCC1. The molecule has 2 aliphatic rings. The first-order valence-electron chi connectivity index (χ1n) is 9.91. The quantitative estimate of drug-likeness (QED) is 0.696. The van der Waals surface area contributed by atoms with Gasteiger partial charge in [-0.3, -0.25) is 4.90 Å². The molecule has 0 atom stereocenters. The van der Waals surface area contributed by atoms with Crippen molar-refractivity contribution in [2.45, 2.75) is 37.6 Å². The molecule has 6 nitrogen and oxygen atoms in total. The molecular formula is C20H30ClN3O3. The van der Waals surface area contributed by atoms with Crippen LogP contribution >= 0.6 is 11.6 Å². The third-order valence-electron chi connectivity index (χ3n) is 5.51. The van der Waals surface area contributed by atoms with Crippen molar-refractivity contribution in [3.05, 3.63) is 29.3 Å². The van der Waals surface area contributed by atoms with Crippen molar-refractivity contribution in [3.63, 3.8) is 0 Å². The lowest BCUT2D eigenvalue weighted by Gasteiger charge is -2.48. The third kappa shape index (κ3) is 5.99. The molecule has 7 heteroatoms. The minimum atomic E-state index is -0.132. The molecule has 27 heavy (non-hydrogen) atoms. The van der Waals surface area contributed by atoms with Crippen molar-refractivity contribution in [1.29, 1.82) is 0 Å². The summed E-state index contributed by atoms with van der Waals surface area (Å²) >= 11 is 5.85. The number of morpholine rings is 1. The van der Waals surface area contributed by atoms with Gasteiger partial charge in [-0.15, -0.1) is 0 Å². The zero-order valence-corrected chi connectivity index (χ0v) is 16.6. The molecule has 1 aromatic carbocycles. The second-order valence-corrected chi connectivity index (χ2v) is 7.73. The van der Waals surface area contributed by atoms with E-state index in [9.17, 15) is 4.79 Å². The Morgan fingerprint density at radius 1 is 1.11 bits per heavy atom. The highest BCUT2D eigenvalue weighted by Crippen LogP contribution is 2.33. The zero-order chi connectivity index (χ0) is 19.0. The number of benzene rings is 1. The fraction of sp³-hybridized carbons (Fsp3) is 0.650. The van der Waals surface area contributed by atoms with Crippen LogP contribution in [0.5, 0.6) is 5.75 Å². The van der Waals surface area contributed by atoms with E-state index in [0.29, 0.717) is 24.7 Å². The highest BCUT2D eigenvalue weighted by molar-refractivity contribution is 6.30. The predicted octanol–water partition coefficient (Wildman–Crippen LogP) is 3.05. The number of halogens is 1. The Kier molecular flexibility index (Phi) is 7.61. The van der Waals surface area contributed by atoms with Gasteiger partial charge in [0.25, 0.3) is 0 Å². The average molecular weight is 396 g/mol. The molecule has 0 aromatic heterocycles. The molecule has 1 aliphatic heterocycles. The summed E-state index contributed by atoms with van der Waals surface area (Å²) in [7, 11) is 0. The first-order valence-corrected chi connectivity index (χ1v) is 10.3. The van der Waals surface area contributed by atoms with E-state index in [1.807, 2.05) is 12.1 Å². The highest BCUT2D eigenvalue weighted by atomic mass is 35.5. The van der Waals surface area contributed by atoms with Crippen molar-refractivity contribution in [2.24, 2.45) is 0 Å². The molecule has 1 heterocycles. The molecule has 2 fully saturated rings. The molecule has 0 radical (unpaired) electrons. The molecule has 2 N–H and O–H groups in total. The molecule has 1 saturated heterocycles. The van der Waals surface area contributed by atoms with Crippen LogP contribution in [0.3, 0.4) is 0 Å². The van der Waals surface area contributed by atoms with Crippen LogP contribution in [0.25, 0.3) is 0 Å². The van der Waals surface area contributed by atoms with E-state index in [1.165, 1.54) is 19.3 Å². The lowest BCUT2D eigenvalue weighted by molar-refractivity contribution is -0.0357. The lowest BCUT2D eigenvalue weighted by Crippen LogP contribution is -2.60. The van der Waals surface area contributed by atoms with Crippen molar-refractivity contribution < 1.29 is 14.3 Å². The Morgan fingerprint density at radius 3 is 2.52 bits per heavy atom. The van der Waals surface area contributed by atoms with E-state index < -0.39 is 0 Å². The van der Waals surface area contributed by atoms with Crippen LogP contribution in [0.1, 0.15) is 32.1 Å². The molecule has 2 amide bonds. The maximum Gasteiger partial charge on any atom is 0.314 e. The van der Waals surface area contributed by atoms with Crippen LogP contribution in [-0.2, 0) is 4.74 Å². The third-order valence-corrected chi connectivity index (χ3v) is 5.77. The Labute approximate surface area is 166 Å². The van der Waals surface area contributed by atoms with Gasteiger partial charge >= 0.3 is 6.03 Å². The summed E-state index contributed by atoms with van der Waals surface area (Å²) in [6.07, 6.45) is 6.05. The number of carbonyl (C=O) groups is 1. The largest absolute Gasteiger partial charge is 0.492 e. The smallest absolute Gasteiger partial charge is 0.314 e. The van der Waals surface area contributed by atoms with Gasteiger partial charge in [0, 0.05) is 30.2 Å². The van der Waals surface area contributed by atoms with Crippen molar-refractivity contribution >= 4 is 17.6 Å². The predicted molar refractivity (Wildman–Crippen MR) is 107 cm³/mol. The molecule has 1 aromatic rings. The summed E-state index contributed by atoms with van der Waals surface area (Å²) in [5, 5.41) is 6.65. The number of rotatable bonds is 7. The molecule has 0 spiro atoms. The molecule has 3 rings (SSSR count). The number of amides is 2. The fourth-order valence-corrected chi connectivity index (χ4v) is 4.15. The summed E-state index contributed by atoms with van der Waals surface area (Å²) < 4.78 is 11.1. The number of carbonyl (C=O) groups excluding carboxylic acids is 1. The van der Waals surface area contributed by atoms with Gasteiger partial charge < -0.3 is 20.1 Å². The maximum atomic E-state index is 12.2. The first kappa shape index (κ1) is 20.2. The minimum Gasteiger partial charge on any atom is -0.492 e. The van der Waals surface area contributed by atoms with E-state index in [0.717, 1.165) is 44.9 Å².